The van der Waals surface area contributed by atoms with E-state index >= 15 is 0 Å². The number of rotatable bonds is 1. The smallest absolute Gasteiger partial charge is 0.0813 e. The molecule has 0 saturated carbocycles. The SMILES string of the molecule is C1=CCC(N2CCN=N2)CCCCCCCC1. The lowest BCUT2D eigenvalue weighted by atomic mass is 10.0. The zero-order valence-electron chi connectivity index (χ0n) is 10.9. The molecule has 1 atom stereocenters. The largest absolute Gasteiger partial charge is 0.274 e. The molecule has 3 nitrogen and oxygen atoms in total. The Kier molecular flexibility index (Phi) is 5.53. The van der Waals surface area contributed by atoms with Crippen molar-refractivity contribution >= 4 is 0 Å². The maximum Gasteiger partial charge on any atom is 0.0813 e. The topological polar surface area (TPSA) is 28.0 Å². The van der Waals surface area contributed by atoms with Crippen LogP contribution in [0.4, 0.5) is 0 Å². The van der Waals surface area contributed by atoms with Gasteiger partial charge in [0.2, 0.25) is 0 Å². The fourth-order valence-corrected chi connectivity index (χ4v) is 2.68. The molecule has 1 aliphatic carbocycles. The summed E-state index contributed by atoms with van der Waals surface area (Å²) in [5, 5.41) is 10.6. The van der Waals surface area contributed by atoms with E-state index in [4.69, 9.17) is 0 Å². The lowest BCUT2D eigenvalue weighted by Gasteiger charge is -2.24. The Morgan fingerprint density at radius 2 is 1.76 bits per heavy atom. The Bertz CT molecular complexity index is 260. The van der Waals surface area contributed by atoms with Gasteiger partial charge < -0.3 is 0 Å². The molecule has 0 amide bonds. The van der Waals surface area contributed by atoms with E-state index in [0.29, 0.717) is 6.04 Å². The van der Waals surface area contributed by atoms with E-state index in [0.717, 1.165) is 19.5 Å². The van der Waals surface area contributed by atoms with E-state index in [9.17, 15) is 0 Å². The maximum atomic E-state index is 4.25. The summed E-state index contributed by atoms with van der Waals surface area (Å²) < 4.78 is 0. The summed E-state index contributed by atoms with van der Waals surface area (Å²) in [6.07, 6.45) is 16.8. The second-order valence-corrected chi connectivity index (χ2v) is 5.18. The second-order valence-electron chi connectivity index (χ2n) is 5.18. The van der Waals surface area contributed by atoms with Crippen LogP contribution in [0.2, 0.25) is 0 Å². The third kappa shape index (κ3) is 4.49. The highest BCUT2D eigenvalue weighted by molar-refractivity contribution is 4.87. The molecule has 0 aromatic rings. The van der Waals surface area contributed by atoms with Crippen LogP contribution in [0.5, 0.6) is 0 Å². The lowest BCUT2D eigenvalue weighted by molar-refractivity contribution is 0.211. The van der Waals surface area contributed by atoms with Crippen molar-refractivity contribution < 1.29 is 0 Å². The van der Waals surface area contributed by atoms with Gasteiger partial charge in [-0.1, -0.05) is 49.5 Å². The third-order valence-electron chi connectivity index (χ3n) is 3.76. The zero-order chi connectivity index (χ0) is 11.8. The summed E-state index contributed by atoms with van der Waals surface area (Å²) in [6, 6.07) is 0.594. The predicted molar refractivity (Wildman–Crippen MR) is 70.9 cm³/mol. The minimum atomic E-state index is 0.594. The molecule has 0 radical (unpaired) electrons. The fraction of sp³-hybridized carbons (Fsp3) is 0.857. The first-order valence-corrected chi connectivity index (χ1v) is 7.26. The molecule has 0 aromatic carbocycles. The van der Waals surface area contributed by atoms with Crippen molar-refractivity contribution in [1.29, 1.82) is 0 Å². The van der Waals surface area contributed by atoms with Gasteiger partial charge in [-0.3, -0.25) is 5.01 Å². The highest BCUT2D eigenvalue weighted by Gasteiger charge is 2.18. The predicted octanol–water partition coefficient (Wildman–Crippen LogP) is 4.12. The summed E-state index contributed by atoms with van der Waals surface area (Å²) in [5.74, 6) is 0. The van der Waals surface area contributed by atoms with Crippen LogP contribution in [-0.4, -0.2) is 24.1 Å². The van der Waals surface area contributed by atoms with Crippen LogP contribution in [0.25, 0.3) is 0 Å². The summed E-state index contributed by atoms with van der Waals surface area (Å²) in [6.45, 7) is 1.92. The van der Waals surface area contributed by atoms with Crippen molar-refractivity contribution in [3.8, 4) is 0 Å². The molecule has 2 rings (SSSR count). The molecule has 3 heteroatoms. The highest BCUT2D eigenvalue weighted by Crippen LogP contribution is 2.19. The van der Waals surface area contributed by atoms with Crippen molar-refractivity contribution in [3.05, 3.63) is 12.2 Å². The quantitative estimate of drug-likeness (QED) is 0.628. The van der Waals surface area contributed by atoms with Crippen LogP contribution in [0.1, 0.15) is 57.8 Å². The molecular formula is C14H25N3. The normalized spacial score (nSPS) is 27.8. The van der Waals surface area contributed by atoms with Gasteiger partial charge in [-0.2, -0.15) is 5.11 Å². The number of hydrogen-bond acceptors (Lipinski definition) is 3. The monoisotopic (exact) mass is 235 g/mol. The van der Waals surface area contributed by atoms with Crippen molar-refractivity contribution in [2.75, 3.05) is 13.1 Å². The van der Waals surface area contributed by atoms with Gasteiger partial charge in [0.1, 0.15) is 0 Å². The fourth-order valence-electron chi connectivity index (χ4n) is 2.68. The van der Waals surface area contributed by atoms with Crippen LogP contribution < -0.4 is 0 Å². The maximum absolute atomic E-state index is 4.25. The van der Waals surface area contributed by atoms with E-state index in [2.05, 4.69) is 27.5 Å². The summed E-state index contributed by atoms with van der Waals surface area (Å²) in [5.41, 5.74) is 0. The van der Waals surface area contributed by atoms with E-state index in [1.54, 1.807) is 0 Å². The molecule has 0 bridgehead atoms. The zero-order valence-corrected chi connectivity index (χ0v) is 10.9. The Hall–Kier alpha value is -0.860. The van der Waals surface area contributed by atoms with Gasteiger partial charge >= 0.3 is 0 Å². The molecule has 2 aliphatic rings. The first kappa shape index (κ1) is 12.6. The van der Waals surface area contributed by atoms with E-state index < -0.39 is 0 Å². The first-order chi connectivity index (χ1) is 8.47. The molecule has 0 aromatic heterocycles. The van der Waals surface area contributed by atoms with Crippen molar-refractivity contribution in [3.63, 3.8) is 0 Å². The average molecular weight is 235 g/mol. The van der Waals surface area contributed by atoms with Gasteiger partial charge in [0.15, 0.2) is 0 Å². The van der Waals surface area contributed by atoms with E-state index in [1.807, 2.05) is 0 Å². The molecule has 0 N–H and O–H groups in total. The van der Waals surface area contributed by atoms with Gasteiger partial charge in [-0.05, 0) is 25.7 Å². The van der Waals surface area contributed by atoms with Crippen molar-refractivity contribution in [2.45, 2.75) is 63.8 Å². The Morgan fingerprint density at radius 3 is 2.59 bits per heavy atom. The van der Waals surface area contributed by atoms with Gasteiger partial charge in [-0.15, -0.1) is 0 Å². The van der Waals surface area contributed by atoms with Crippen LogP contribution >= 0.6 is 0 Å². The highest BCUT2D eigenvalue weighted by atomic mass is 15.6. The van der Waals surface area contributed by atoms with E-state index in [-0.39, 0.29) is 0 Å². The van der Waals surface area contributed by atoms with Crippen LogP contribution in [-0.2, 0) is 0 Å². The minimum absolute atomic E-state index is 0.594. The first-order valence-electron chi connectivity index (χ1n) is 7.26. The Labute approximate surface area is 105 Å². The number of nitrogens with zero attached hydrogens (tertiary/aromatic N) is 3. The number of allylic oxidation sites excluding steroid dienone is 1. The van der Waals surface area contributed by atoms with Crippen LogP contribution in [0, 0.1) is 0 Å². The summed E-state index contributed by atoms with van der Waals surface area (Å²) >= 11 is 0. The average Bonchev–Trinajstić information content (AvgIpc) is 2.83. The molecule has 0 spiro atoms. The van der Waals surface area contributed by atoms with E-state index in [1.165, 1.54) is 51.4 Å². The van der Waals surface area contributed by atoms with Gasteiger partial charge in [0, 0.05) is 0 Å². The van der Waals surface area contributed by atoms with Crippen molar-refractivity contribution in [1.82, 2.24) is 5.01 Å². The molecule has 1 aliphatic heterocycles. The molecule has 0 saturated heterocycles. The van der Waals surface area contributed by atoms with Gasteiger partial charge in [0.25, 0.3) is 0 Å². The van der Waals surface area contributed by atoms with Gasteiger partial charge in [0.05, 0.1) is 19.1 Å². The molecule has 96 valence electrons. The summed E-state index contributed by atoms with van der Waals surface area (Å²) in [7, 11) is 0. The van der Waals surface area contributed by atoms with Crippen LogP contribution in [0.3, 0.4) is 0 Å². The molecule has 1 heterocycles. The molecular weight excluding hydrogens is 210 g/mol. The molecule has 1 unspecified atom stereocenters. The molecule has 0 fully saturated rings. The third-order valence-corrected chi connectivity index (χ3v) is 3.76. The van der Waals surface area contributed by atoms with Gasteiger partial charge in [-0.25, -0.2) is 0 Å². The lowest BCUT2D eigenvalue weighted by Crippen LogP contribution is -2.29. The number of hydrogen-bond donors (Lipinski definition) is 0. The summed E-state index contributed by atoms with van der Waals surface area (Å²) in [4.78, 5) is 0. The second kappa shape index (κ2) is 7.46. The Balaban J connectivity index is 1.84. The van der Waals surface area contributed by atoms with Crippen molar-refractivity contribution in [2.24, 2.45) is 10.3 Å². The minimum Gasteiger partial charge on any atom is -0.274 e. The standard InChI is InChI=1S/C14H25N3/c1-2-4-6-8-10-14(11-9-7-5-3-1)17-13-12-15-16-17/h6,8,14H,1-5,7,9-13H2. The van der Waals surface area contributed by atoms with Crippen LogP contribution in [0.15, 0.2) is 22.5 Å². The molecule has 17 heavy (non-hydrogen) atoms. The Morgan fingerprint density at radius 1 is 0.941 bits per heavy atom.